The predicted molar refractivity (Wildman–Crippen MR) is 66.3 cm³/mol. The molecule has 0 aliphatic heterocycles. The molecule has 0 radical (unpaired) electrons. The second kappa shape index (κ2) is 9.21. The normalized spacial score (nSPS) is 16.4. The van der Waals surface area contributed by atoms with E-state index in [0.29, 0.717) is 0 Å². The number of rotatable bonds is 9. The van der Waals surface area contributed by atoms with Gasteiger partial charge in [-0.1, -0.05) is 13.2 Å². The predicted octanol–water partition coefficient (Wildman–Crippen LogP) is -2.11. The minimum atomic E-state index is -1.80. The molecular formula is C12H18O8. The van der Waals surface area contributed by atoms with Crippen LogP contribution in [0.1, 0.15) is 0 Å². The fourth-order valence-electron chi connectivity index (χ4n) is 1.11. The van der Waals surface area contributed by atoms with Crippen LogP contribution in [-0.4, -0.2) is 70.0 Å². The lowest BCUT2D eigenvalue weighted by Crippen LogP contribution is -2.48. The third-order valence-corrected chi connectivity index (χ3v) is 2.26. The summed E-state index contributed by atoms with van der Waals surface area (Å²) in [5.41, 5.74) is 0. The maximum absolute atomic E-state index is 10.7. The molecule has 0 heterocycles. The summed E-state index contributed by atoms with van der Waals surface area (Å²) < 4.78 is 8.92. The number of aliphatic hydroxyl groups is 4. The monoisotopic (exact) mass is 290 g/mol. The SMILES string of the molecule is C=CC(=O)OC[C@@H](O)[C@H](O)[C@H](O)[C@@H](O)COC(=O)C=C. The molecule has 0 bridgehead atoms. The molecule has 0 rings (SSSR count). The molecule has 0 spiro atoms. The van der Waals surface area contributed by atoms with Crippen LogP contribution in [-0.2, 0) is 19.1 Å². The summed E-state index contributed by atoms with van der Waals surface area (Å²) in [6, 6.07) is 0. The summed E-state index contributed by atoms with van der Waals surface area (Å²) >= 11 is 0. The maximum Gasteiger partial charge on any atom is 0.330 e. The van der Waals surface area contributed by atoms with Gasteiger partial charge in [-0.15, -0.1) is 0 Å². The van der Waals surface area contributed by atoms with Gasteiger partial charge in [-0.05, 0) is 0 Å². The van der Waals surface area contributed by atoms with E-state index in [2.05, 4.69) is 22.6 Å². The Labute approximate surface area is 115 Å². The van der Waals surface area contributed by atoms with Crippen molar-refractivity contribution in [2.75, 3.05) is 13.2 Å². The molecule has 0 aliphatic rings. The minimum Gasteiger partial charge on any atom is -0.460 e. The van der Waals surface area contributed by atoms with E-state index in [4.69, 9.17) is 0 Å². The molecule has 20 heavy (non-hydrogen) atoms. The van der Waals surface area contributed by atoms with Crippen LogP contribution in [0.2, 0.25) is 0 Å². The van der Waals surface area contributed by atoms with Crippen LogP contribution in [0.3, 0.4) is 0 Å². The van der Waals surface area contributed by atoms with E-state index in [9.17, 15) is 30.0 Å². The number of ether oxygens (including phenoxy) is 2. The first-order chi connectivity index (χ1) is 9.33. The average Bonchev–Trinajstić information content (AvgIpc) is 2.47. The summed E-state index contributed by atoms with van der Waals surface area (Å²) in [5, 5.41) is 38.0. The largest absolute Gasteiger partial charge is 0.460 e. The first kappa shape index (κ1) is 18.3. The van der Waals surface area contributed by atoms with Gasteiger partial charge in [0.2, 0.25) is 0 Å². The van der Waals surface area contributed by atoms with E-state index in [1.165, 1.54) is 0 Å². The molecule has 114 valence electrons. The van der Waals surface area contributed by atoms with Crippen LogP contribution in [0.5, 0.6) is 0 Å². The van der Waals surface area contributed by atoms with Crippen LogP contribution in [0, 0.1) is 0 Å². The van der Waals surface area contributed by atoms with E-state index in [1.54, 1.807) is 0 Å². The van der Waals surface area contributed by atoms with E-state index in [1.807, 2.05) is 0 Å². The van der Waals surface area contributed by atoms with Crippen LogP contribution in [0.4, 0.5) is 0 Å². The Morgan fingerprint density at radius 2 is 1.15 bits per heavy atom. The highest BCUT2D eigenvalue weighted by atomic mass is 16.5. The molecule has 8 heteroatoms. The highest BCUT2D eigenvalue weighted by molar-refractivity contribution is 5.81. The Bertz CT molecular complexity index is 319. The lowest BCUT2D eigenvalue weighted by atomic mass is 10.0. The van der Waals surface area contributed by atoms with Crippen molar-refractivity contribution in [1.82, 2.24) is 0 Å². The number of aliphatic hydroxyl groups excluding tert-OH is 4. The minimum absolute atomic E-state index is 0.595. The van der Waals surface area contributed by atoms with E-state index in [-0.39, 0.29) is 0 Å². The second-order valence-corrected chi connectivity index (χ2v) is 3.78. The molecule has 0 saturated carbocycles. The van der Waals surface area contributed by atoms with Gasteiger partial charge in [0.05, 0.1) is 0 Å². The molecule has 4 N–H and O–H groups in total. The van der Waals surface area contributed by atoms with Gasteiger partial charge in [-0.25, -0.2) is 9.59 Å². The molecule has 8 nitrogen and oxygen atoms in total. The highest BCUT2D eigenvalue weighted by Gasteiger charge is 2.31. The van der Waals surface area contributed by atoms with Crippen molar-refractivity contribution in [2.24, 2.45) is 0 Å². The van der Waals surface area contributed by atoms with Crippen LogP contribution < -0.4 is 0 Å². The second-order valence-electron chi connectivity index (χ2n) is 3.78. The van der Waals surface area contributed by atoms with Crippen molar-refractivity contribution in [3.05, 3.63) is 25.3 Å². The van der Waals surface area contributed by atoms with Gasteiger partial charge in [-0.3, -0.25) is 0 Å². The summed E-state index contributed by atoms with van der Waals surface area (Å²) in [5.74, 6) is -1.63. The molecule has 0 aliphatic carbocycles. The molecule has 0 saturated heterocycles. The highest BCUT2D eigenvalue weighted by Crippen LogP contribution is 2.07. The first-order valence-electron chi connectivity index (χ1n) is 5.64. The van der Waals surface area contributed by atoms with E-state index in [0.717, 1.165) is 12.2 Å². The topological polar surface area (TPSA) is 134 Å². The molecule has 0 aromatic rings. The number of hydrogen-bond donors (Lipinski definition) is 4. The van der Waals surface area contributed by atoms with Crippen LogP contribution >= 0.6 is 0 Å². The molecule has 4 atom stereocenters. The molecule has 0 unspecified atom stereocenters. The number of hydrogen-bond acceptors (Lipinski definition) is 8. The third-order valence-electron chi connectivity index (χ3n) is 2.26. The molecule has 0 amide bonds. The molecule has 0 aromatic carbocycles. The Morgan fingerprint density at radius 3 is 1.40 bits per heavy atom. The third kappa shape index (κ3) is 6.43. The smallest absolute Gasteiger partial charge is 0.330 e. The fraction of sp³-hybridized carbons (Fsp3) is 0.500. The summed E-state index contributed by atoms with van der Waals surface area (Å²) in [6.07, 6.45) is -5.13. The fourth-order valence-corrected chi connectivity index (χ4v) is 1.11. The lowest BCUT2D eigenvalue weighted by Gasteiger charge is -2.25. The Morgan fingerprint density at radius 1 is 0.850 bits per heavy atom. The number of esters is 2. The van der Waals surface area contributed by atoms with Gasteiger partial charge >= 0.3 is 11.9 Å². The zero-order valence-corrected chi connectivity index (χ0v) is 10.7. The average molecular weight is 290 g/mol. The van der Waals surface area contributed by atoms with Crippen molar-refractivity contribution < 1.29 is 39.5 Å². The number of carbonyl (C=O) groups excluding carboxylic acids is 2. The standard InChI is InChI=1S/C12H18O8/c1-3-9(15)19-5-7(13)11(17)12(18)8(14)6-20-10(16)4-2/h3-4,7-8,11-14,17-18H,1-2,5-6H2/t7-,8+,11+,12-. The van der Waals surface area contributed by atoms with Gasteiger partial charge in [0.1, 0.15) is 37.6 Å². The molecule has 0 aromatic heterocycles. The van der Waals surface area contributed by atoms with Gasteiger partial charge in [0.25, 0.3) is 0 Å². The van der Waals surface area contributed by atoms with Crippen LogP contribution in [0.15, 0.2) is 25.3 Å². The lowest BCUT2D eigenvalue weighted by molar-refractivity contribution is -0.157. The van der Waals surface area contributed by atoms with Crippen molar-refractivity contribution in [3.63, 3.8) is 0 Å². The van der Waals surface area contributed by atoms with Gasteiger partial charge in [0.15, 0.2) is 0 Å². The quantitative estimate of drug-likeness (QED) is 0.280. The van der Waals surface area contributed by atoms with E-state index >= 15 is 0 Å². The van der Waals surface area contributed by atoms with Crippen LogP contribution in [0.25, 0.3) is 0 Å². The summed E-state index contributed by atoms with van der Waals surface area (Å²) in [7, 11) is 0. The van der Waals surface area contributed by atoms with Gasteiger partial charge in [-0.2, -0.15) is 0 Å². The van der Waals surface area contributed by atoms with Crippen molar-refractivity contribution in [1.29, 1.82) is 0 Å². The zero-order chi connectivity index (χ0) is 15.7. The van der Waals surface area contributed by atoms with Gasteiger partial charge < -0.3 is 29.9 Å². The number of carbonyl (C=O) groups is 2. The van der Waals surface area contributed by atoms with Crippen molar-refractivity contribution in [2.45, 2.75) is 24.4 Å². The summed E-state index contributed by atoms with van der Waals surface area (Å²) in [4.78, 5) is 21.5. The first-order valence-corrected chi connectivity index (χ1v) is 5.64. The Balaban J connectivity index is 4.25. The maximum atomic E-state index is 10.7. The zero-order valence-electron chi connectivity index (χ0n) is 10.7. The molecular weight excluding hydrogens is 272 g/mol. The Hall–Kier alpha value is -1.74. The van der Waals surface area contributed by atoms with Gasteiger partial charge in [0, 0.05) is 12.2 Å². The molecule has 0 fully saturated rings. The van der Waals surface area contributed by atoms with Crippen molar-refractivity contribution >= 4 is 11.9 Å². The summed E-state index contributed by atoms with van der Waals surface area (Å²) in [6.45, 7) is 5.07. The van der Waals surface area contributed by atoms with E-state index < -0.39 is 49.6 Å². The Kier molecular flexibility index (Phi) is 8.41. The van der Waals surface area contributed by atoms with Crippen molar-refractivity contribution in [3.8, 4) is 0 Å².